The van der Waals surface area contributed by atoms with Crippen LogP contribution in [0.5, 0.6) is 0 Å². The predicted octanol–water partition coefficient (Wildman–Crippen LogP) is 2.81. The first-order valence-corrected chi connectivity index (χ1v) is 9.65. The quantitative estimate of drug-likeness (QED) is 0.636. The molecular formula is C18H21N5O3S. The van der Waals surface area contributed by atoms with E-state index in [-0.39, 0.29) is 24.4 Å². The molecule has 0 saturated heterocycles. The number of hydrogen-bond donors (Lipinski definition) is 3. The molecule has 9 heteroatoms. The first-order chi connectivity index (χ1) is 13.1. The van der Waals surface area contributed by atoms with E-state index in [2.05, 4.69) is 20.9 Å². The number of nitrogens with one attached hydrogen (secondary N) is 3. The lowest BCUT2D eigenvalue weighted by molar-refractivity contribution is -0.116. The van der Waals surface area contributed by atoms with Gasteiger partial charge in [0.1, 0.15) is 6.54 Å². The first kappa shape index (κ1) is 18.8. The fraction of sp³-hybridized carbons (Fsp3) is 0.333. The van der Waals surface area contributed by atoms with Gasteiger partial charge in [0.15, 0.2) is 5.13 Å². The Hall–Kier alpha value is -2.94. The van der Waals surface area contributed by atoms with E-state index >= 15 is 0 Å². The number of benzene rings is 1. The minimum absolute atomic E-state index is 0.000225. The van der Waals surface area contributed by atoms with Gasteiger partial charge in [-0.25, -0.2) is 9.78 Å². The average molecular weight is 387 g/mol. The van der Waals surface area contributed by atoms with Crippen molar-refractivity contribution >= 4 is 45.7 Å². The van der Waals surface area contributed by atoms with Crippen molar-refractivity contribution in [2.75, 3.05) is 28.6 Å². The lowest BCUT2D eigenvalue weighted by atomic mass is 10.2. The van der Waals surface area contributed by atoms with Crippen LogP contribution >= 0.6 is 11.3 Å². The average Bonchev–Trinajstić information content (AvgIpc) is 3.16. The van der Waals surface area contributed by atoms with Crippen LogP contribution in [0.4, 0.5) is 21.3 Å². The second-order valence-corrected chi connectivity index (χ2v) is 6.97. The normalized spacial score (nSPS) is 12.9. The van der Waals surface area contributed by atoms with Crippen LogP contribution in [0.25, 0.3) is 0 Å². The van der Waals surface area contributed by atoms with Crippen molar-refractivity contribution in [3.8, 4) is 0 Å². The van der Waals surface area contributed by atoms with Crippen molar-refractivity contribution in [2.45, 2.75) is 25.7 Å². The van der Waals surface area contributed by atoms with Gasteiger partial charge in [-0.05, 0) is 25.0 Å². The highest BCUT2D eigenvalue weighted by molar-refractivity contribution is 7.13. The maximum absolute atomic E-state index is 12.4. The number of carbonyl (C=O) groups excluding carboxylic acids is 3. The van der Waals surface area contributed by atoms with Crippen molar-refractivity contribution in [1.82, 2.24) is 10.3 Å². The number of aromatic nitrogens is 1. The molecular weight excluding hydrogens is 366 g/mol. The number of fused-ring (bicyclic) bond motifs is 1. The van der Waals surface area contributed by atoms with Gasteiger partial charge in [-0.2, -0.15) is 0 Å². The molecule has 0 atom stereocenters. The molecule has 8 nitrogen and oxygen atoms in total. The molecule has 2 heterocycles. The molecule has 0 saturated carbocycles. The Morgan fingerprint density at radius 1 is 1.22 bits per heavy atom. The Balaban J connectivity index is 1.35. The van der Waals surface area contributed by atoms with Gasteiger partial charge in [0.2, 0.25) is 11.8 Å². The van der Waals surface area contributed by atoms with Crippen LogP contribution < -0.4 is 20.9 Å². The molecule has 1 aromatic carbocycles. The number of rotatable bonds is 7. The Morgan fingerprint density at radius 3 is 2.89 bits per heavy atom. The molecule has 3 rings (SSSR count). The number of urea groups is 1. The maximum Gasteiger partial charge on any atom is 0.322 e. The number of amides is 4. The van der Waals surface area contributed by atoms with E-state index < -0.39 is 0 Å². The number of hydrogen-bond acceptors (Lipinski definition) is 5. The topological polar surface area (TPSA) is 103 Å². The standard InChI is InChI=1S/C18H21N5O3S/c24-15(22-17-19-10-11-27-17)8-2-1-5-9-20-18(26)23-12-16(25)21-13-6-3-4-7-14(13)23/h3-4,6-7,10-11H,1-2,5,8-9,12H2,(H,20,26)(H,21,25)(H,19,22,24). The largest absolute Gasteiger partial charge is 0.338 e. The molecule has 0 bridgehead atoms. The third kappa shape index (κ3) is 5.27. The van der Waals surface area contributed by atoms with E-state index in [0.717, 1.165) is 19.3 Å². The zero-order valence-corrected chi connectivity index (χ0v) is 15.6. The number of para-hydroxylation sites is 2. The molecule has 4 amide bonds. The Labute approximate surface area is 161 Å². The molecule has 27 heavy (non-hydrogen) atoms. The summed E-state index contributed by atoms with van der Waals surface area (Å²) in [5.74, 6) is -0.264. The van der Waals surface area contributed by atoms with Gasteiger partial charge in [0.25, 0.3) is 0 Å². The molecule has 0 radical (unpaired) electrons. The molecule has 1 aliphatic heterocycles. The summed E-state index contributed by atoms with van der Waals surface area (Å²) in [5, 5.41) is 10.7. The minimum atomic E-state index is -0.293. The van der Waals surface area contributed by atoms with Gasteiger partial charge in [-0.1, -0.05) is 18.6 Å². The Kier molecular flexibility index (Phi) is 6.37. The molecule has 3 N–H and O–H groups in total. The highest BCUT2D eigenvalue weighted by atomic mass is 32.1. The SMILES string of the molecule is O=C(CCCCCNC(=O)N1CC(=O)Nc2ccccc21)Nc1nccs1. The molecule has 0 aliphatic carbocycles. The van der Waals surface area contributed by atoms with E-state index in [9.17, 15) is 14.4 Å². The summed E-state index contributed by atoms with van der Waals surface area (Å²) in [6, 6.07) is 6.91. The lowest BCUT2D eigenvalue weighted by Crippen LogP contribution is -2.47. The zero-order chi connectivity index (χ0) is 19.1. The van der Waals surface area contributed by atoms with E-state index in [1.807, 2.05) is 17.5 Å². The molecule has 0 spiro atoms. The van der Waals surface area contributed by atoms with Crippen molar-refractivity contribution < 1.29 is 14.4 Å². The third-order valence-electron chi connectivity index (χ3n) is 4.05. The van der Waals surface area contributed by atoms with Crippen LogP contribution in [0.15, 0.2) is 35.8 Å². The van der Waals surface area contributed by atoms with Crippen LogP contribution in [0.2, 0.25) is 0 Å². The van der Waals surface area contributed by atoms with Gasteiger partial charge in [-0.3, -0.25) is 14.5 Å². The van der Waals surface area contributed by atoms with E-state index in [1.54, 1.807) is 18.3 Å². The summed E-state index contributed by atoms with van der Waals surface area (Å²) in [6.07, 6.45) is 4.39. The van der Waals surface area contributed by atoms with Gasteiger partial charge >= 0.3 is 6.03 Å². The molecule has 0 unspecified atom stereocenters. The fourth-order valence-corrected chi connectivity index (χ4v) is 3.30. The van der Waals surface area contributed by atoms with E-state index in [4.69, 9.17) is 0 Å². The summed E-state index contributed by atoms with van der Waals surface area (Å²) < 4.78 is 0. The van der Waals surface area contributed by atoms with Crippen molar-refractivity contribution in [2.24, 2.45) is 0 Å². The Bertz CT molecular complexity index is 809. The summed E-state index contributed by atoms with van der Waals surface area (Å²) in [4.78, 5) is 41.3. The smallest absolute Gasteiger partial charge is 0.322 e. The molecule has 2 aromatic rings. The highest BCUT2D eigenvalue weighted by Crippen LogP contribution is 2.28. The highest BCUT2D eigenvalue weighted by Gasteiger charge is 2.26. The number of thiazole rings is 1. The summed E-state index contributed by atoms with van der Waals surface area (Å²) in [7, 11) is 0. The summed E-state index contributed by atoms with van der Waals surface area (Å²) in [6.45, 7) is 0.493. The van der Waals surface area contributed by atoms with Crippen LogP contribution in [0, 0.1) is 0 Å². The number of anilines is 3. The molecule has 142 valence electrons. The third-order valence-corrected chi connectivity index (χ3v) is 4.74. The van der Waals surface area contributed by atoms with Crippen molar-refractivity contribution in [3.63, 3.8) is 0 Å². The Morgan fingerprint density at radius 2 is 2.07 bits per heavy atom. The molecule has 1 aliphatic rings. The van der Waals surface area contributed by atoms with E-state index in [1.165, 1.54) is 16.2 Å². The zero-order valence-electron chi connectivity index (χ0n) is 14.7. The fourth-order valence-electron chi connectivity index (χ4n) is 2.76. The molecule has 0 fully saturated rings. The monoisotopic (exact) mass is 387 g/mol. The molecule has 1 aromatic heterocycles. The number of nitrogens with zero attached hydrogens (tertiary/aromatic N) is 2. The summed E-state index contributed by atoms with van der Waals surface area (Å²) >= 11 is 1.39. The van der Waals surface area contributed by atoms with Crippen LogP contribution in [-0.4, -0.2) is 35.9 Å². The van der Waals surface area contributed by atoms with Crippen molar-refractivity contribution in [3.05, 3.63) is 35.8 Å². The second-order valence-electron chi connectivity index (χ2n) is 6.08. The predicted molar refractivity (Wildman–Crippen MR) is 105 cm³/mol. The van der Waals surface area contributed by atoms with Crippen molar-refractivity contribution in [1.29, 1.82) is 0 Å². The van der Waals surface area contributed by atoms with Crippen LogP contribution in [0.3, 0.4) is 0 Å². The van der Waals surface area contributed by atoms with Crippen LogP contribution in [-0.2, 0) is 9.59 Å². The maximum atomic E-state index is 12.4. The van der Waals surface area contributed by atoms with E-state index in [0.29, 0.717) is 29.5 Å². The van der Waals surface area contributed by atoms with Gasteiger partial charge < -0.3 is 16.0 Å². The van der Waals surface area contributed by atoms with Gasteiger partial charge in [-0.15, -0.1) is 11.3 Å². The van der Waals surface area contributed by atoms with Gasteiger partial charge in [0, 0.05) is 24.5 Å². The minimum Gasteiger partial charge on any atom is -0.338 e. The van der Waals surface area contributed by atoms with Crippen LogP contribution in [0.1, 0.15) is 25.7 Å². The first-order valence-electron chi connectivity index (χ1n) is 8.77. The number of carbonyl (C=O) groups is 3. The summed E-state index contributed by atoms with van der Waals surface area (Å²) in [5.41, 5.74) is 1.32. The number of unbranched alkanes of at least 4 members (excludes halogenated alkanes) is 2. The lowest BCUT2D eigenvalue weighted by Gasteiger charge is -2.29. The second kappa shape index (κ2) is 9.13. The van der Waals surface area contributed by atoms with Gasteiger partial charge in [0.05, 0.1) is 11.4 Å².